The molecule has 0 unspecified atom stereocenters. The summed E-state index contributed by atoms with van der Waals surface area (Å²) in [5, 5.41) is 0.0490. The van der Waals surface area contributed by atoms with Crippen molar-refractivity contribution in [3.8, 4) is 0 Å². The maximum absolute atomic E-state index is 12.4. The Kier molecular flexibility index (Phi) is 5.02. The minimum Gasteiger partial charge on any atom is -0.295 e. The van der Waals surface area contributed by atoms with E-state index in [1.165, 1.54) is 31.2 Å². The van der Waals surface area contributed by atoms with Gasteiger partial charge in [0.1, 0.15) is 4.90 Å². The van der Waals surface area contributed by atoms with Crippen LogP contribution in [-0.4, -0.2) is 14.2 Å². The van der Waals surface area contributed by atoms with Gasteiger partial charge in [0.2, 0.25) is 0 Å². The van der Waals surface area contributed by atoms with Crippen molar-refractivity contribution >= 4 is 56.3 Å². The average molecular weight is 379 g/mol. The molecule has 22 heavy (non-hydrogen) atoms. The minimum atomic E-state index is -4.02. The molecule has 0 bridgehead atoms. The van der Waals surface area contributed by atoms with Gasteiger partial charge in [-0.1, -0.05) is 46.9 Å². The first-order valence-electron chi connectivity index (χ1n) is 5.99. The van der Waals surface area contributed by atoms with E-state index in [4.69, 9.17) is 34.8 Å². The summed E-state index contributed by atoms with van der Waals surface area (Å²) in [6, 6.07) is 8.67. The molecule has 0 aliphatic carbocycles. The van der Waals surface area contributed by atoms with E-state index in [0.717, 1.165) is 0 Å². The third-order valence-electron chi connectivity index (χ3n) is 2.75. The Labute approximate surface area is 143 Å². The summed E-state index contributed by atoms with van der Waals surface area (Å²) in [7, 11) is -4.02. The quantitative estimate of drug-likeness (QED) is 0.788. The van der Waals surface area contributed by atoms with Gasteiger partial charge in [-0.15, -0.1) is 0 Å². The van der Waals surface area contributed by atoms with Crippen molar-refractivity contribution < 1.29 is 13.2 Å². The van der Waals surface area contributed by atoms with Crippen molar-refractivity contribution in [2.24, 2.45) is 0 Å². The average Bonchev–Trinajstić information content (AvgIpc) is 2.36. The van der Waals surface area contributed by atoms with Gasteiger partial charge in [-0.2, -0.15) is 0 Å². The van der Waals surface area contributed by atoms with Crippen LogP contribution in [0.5, 0.6) is 0 Å². The van der Waals surface area contributed by atoms with Crippen molar-refractivity contribution in [3.05, 3.63) is 57.0 Å². The third-order valence-corrected chi connectivity index (χ3v) is 5.27. The molecule has 2 rings (SSSR count). The van der Waals surface area contributed by atoms with E-state index in [1.54, 1.807) is 12.1 Å². The van der Waals surface area contributed by atoms with Crippen molar-refractivity contribution in [1.82, 2.24) is 0 Å². The Bertz CT molecular complexity index is 827. The van der Waals surface area contributed by atoms with Gasteiger partial charge < -0.3 is 0 Å². The van der Waals surface area contributed by atoms with Gasteiger partial charge in [-0.05, 0) is 31.2 Å². The van der Waals surface area contributed by atoms with Gasteiger partial charge >= 0.3 is 0 Å². The smallest absolute Gasteiger partial charge is 0.264 e. The number of ketones is 1. The molecule has 0 saturated carbocycles. The Hall–Kier alpha value is -1.27. The molecule has 0 fully saturated rings. The molecule has 0 saturated heterocycles. The number of nitrogens with one attached hydrogen (secondary N) is 1. The van der Waals surface area contributed by atoms with E-state index in [-0.39, 0.29) is 31.4 Å². The van der Waals surface area contributed by atoms with Crippen LogP contribution >= 0.6 is 34.8 Å². The van der Waals surface area contributed by atoms with Gasteiger partial charge in [-0.3, -0.25) is 9.52 Å². The fourth-order valence-electron chi connectivity index (χ4n) is 1.79. The number of anilines is 1. The van der Waals surface area contributed by atoms with E-state index >= 15 is 0 Å². The summed E-state index contributed by atoms with van der Waals surface area (Å²) < 4.78 is 27.2. The molecule has 0 radical (unpaired) electrons. The highest BCUT2D eigenvalue weighted by atomic mass is 35.5. The zero-order valence-corrected chi connectivity index (χ0v) is 14.3. The normalized spacial score (nSPS) is 11.3. The number of carbonyl (C=O) groups is 1. The second kappa shape index (κ2) is 6.46. The fourth-order valence-corrected chi connectivity index (χ4v) is 4.39. The summed E-state index contributed by atoms with van der Waals surface area (Å²) in [6.07, 6.45) is 0. The molecule has 0 spiro atoms. The summed E-state index contributed by atoms with van der Waals surface area (Å²) in [5.74, 6) is -0.177. The Morgan fingerprint density at radius 3 is 2.18 bits per heavy atom. The van der Waals surface area contributed by atoms with Gasteiger partial charge in [0.25, 0.3) is 10.0 Å². The monoisotopic (exact) mass is 377 g/mol. The second-order valence-electron chi connectivity index (χ2n) is 4.44. The molecule has 0 aliphatic rings. The van der Waals surface area contributed by atoms with Crippen molar-refractivity contribution in [3.63, 3.8) is 0 Å². The van der Waals surface area contributed by atoms with Crippen molar-refractivity contribution in [1.29, 1.82) is 0 Å². The lowest BCUT2D eigenvalue weighted by atomic mass is 10.1. The summed E-state index contributed by atoms with van der Waals surface area (Å²) >= 11 is 17.6. The van der Waals surface area contributed by atoms with E-state index in [2.05, 4.69) is 4.72 Å². The highest BCUT2D eigenvalue weighted by Crippen LogP contribution is 2.33. The standard InChI is InChI=1S/C14H10Cl3NO3S/c1-8(19)9-3-2-4-11(5-9)18-22(20,21)14-12(16)6-10(15)7-13(14)17/h2-7,18H,1H3. The van der Waals surface area contributed by atoms with Crippen LogP contribution in [0.4, 0.5) is 5.69 Å². The van der Waals surface area contributed by atoms with Crippen LogP contribution in [0.3, 0.4) is 0 Å². The number of carbonyl (C=O) groups excluding carboxylic acids is 1. The molecular formula is C14H10Cl3NO3S. The van der Waals surface area contributed by atoms with Crippen LogP contribution in [0.2, 0.25) is 15.1 Å². The minimum absolute atomic E-state index is 0.0901. The number of sulfonamides is 1. The van der Waals surface area contributed by atoms with Crippen molar-refractivity contribution in [2.75, 3.05) is 4.72 Å². The van der Waals surface area contributed by atoms with Crippen LogP contribution in [0, 0.1) is 0 Å². The zero-order chi connectivity index (χ0) is 16.5. The molecule has 0 amide bonds. The molecular weight excluding hydrogens is 369 g/mol. The fraction of sp³-hybridized carbons (Fsp3) is 0.0714. The lowest BCUT2D eigenvalue weighted by molar-refractivity contribution is 0.101. The lowest BCUT2D eigenvalue weighted by Gasteiger charge is -2.12. The predicted molar refractivity (Wildman–Crippen MR) is 88.7 cm³/mol. The first kappa shape index (κ1) is 17.1. The van der Waals surface area contributed by atoms with Crippen LogP contribution in [0.15, 0.2) is 41.3 Å². The van der Waals surface area contributed by atoms with E-state index < -0.39 is 10.0 Å². The maximum atomic E-state index is 12.4. The molecule has 0 aliphatic heterocycles. The molecule has 116 valence electrons. The van der Waals surface area contributed by atoms with Gasteiger partial charge in [0, 0.05) is 16.3 Å². The first-order chi connectivity index (χ1) is 10.2. The molecule has 2 aromatic carbocycles. The zero-order valence-electron chi connectivity index (χ0n) is 11.2. The van der Waals surface area contributed by atoms with Gasteiger partial charge in [0.15, 0.2) is 5.78 Å². The predicted octanol–water partition coefficient (Wildman–Crippen LogP) is 4.65. The Balaban J connectivity index is 2.45. The molecule has 2 aromatic rings. The largest absolute Gasteiger partial charge is 0.295 e. The highest BCUT2D eigenvalue weighted by Gasteiger charge is 2.22. The number of hydrogen-bond donors (Lipinski definition) is 1. The number of halogens is 3. The topological polar surface area (TPSA) is 63.2 Å². The molecule has 0 heterocycles. The number of Topliss-reactive ketones (excluding diaryl/α,β-unsaturated/α-hetero) is 1. The molecule has 0 aromatic heterocycles. The van der Waals surface area contributed by atoms with E-state index in [0.29, 0.717) is 5.56 Å². The van der Waals surface area contributed by atoms with Crippen LogP contribution < -0.4 is 4.72 Å². The highest BCUT2D eigenvalue weighted by molar-refractivity contribution is 7.93. The van der Waals surface area contributed by atoms with Crippen LogP contribution in [0.1, 0.15) is 17.3 Å². The maximum Gasteiger partial charge on any atom is 0.264 e. The van der Waals surface area contributed by atoms with Gasteiger partial charge in [-0.25, -0.2) is 8.42 Å². The third kappa shape index (κ3) is 3.73. The Morgan fingerprint density at radius 1 is 1.05 bits per heavy atom. The van der Waals surface area contributed by atoms with E-state index in [1.807, 2.05) is 0 Å². The van der Waals surface area contributed by atoms with E-state index in [9.17, 15) is 13.2 Å². The number of benzene rings is 2. The Morgan fingerprint density at radius 2 is 1.64 bits per heavy atom. The SMILES string of the molecule is CC(=O)c1cccc(NS(=O)(=O)c2c(Cl)cc(Cl)cc2Cl)c1. The summed E-state index contributed by atoms with van der Waals surface area (Å²) in [6.45, 7) is 1.39. The van der Waals surface area contributed by atoms with Crippen molar-refractivity contribution in [2.45, 2.75) is 11.8 Å². The molecule has 1 N–H and O–H groups in total. The van der Waals surface area contributed by atoms with Crippen LogP contribution in [0.25, 0.3) is 0 Å². The summed E-state index contributed by atoms with van der Waals surface area (Å²) in [5.41, 5.74) is 0.614. The summed E-state index contributed by atoms with van der Waals surface area (Å²) in [4.78, 5) is 11.1. The number of hydrogen-bond acceptors (Lipinski definition) is 3. The van der Waals surface area contributed by atoms with Crippen LogP contribution in [-0.2, 0) is 10.0 Å². The second-order valence-corrected chi connectivity index (χ2v) is 7.31. The molecule has 8 heteroatoms. The number of rotatable bonds is 4. The first-order valence-corrected chi connectivity index (χ1v) is 8.61. The lowest BCUT2D eigenvalue weighted by Crippen LogP contribution is -2.14. The van der Waals surface area contributed by atoms with Gasteiger partial charge in [0.05, 0.1) is 10.0 Å². The molecule has 4 nitrogen and oxygen atoms in total. The molecule has 0 atom stereocenters.